The quantitative estimate of drug-likeness (QED) is 0.730. The molecule has 21 heavy (non-hydrogen) atoms. The number of hydrogen-bond donors (Lipinski definition) is 0. The minimum Gasteiger partial charge on any atom is -0.337 e. The highest BCUT2D eigenvalue weighted by Crippen LogP contribution is 2.18. The molecule has 0 aliphatic heterocycles. The zero-order valence-corrected chi connectivity index (χ0v) is 12.5. The molecule has 3 aromatic rings. The van der Waals surface area contributed by atoms with E-state index in [-0.39, 0.29) is 0 Å². The van der Waals surface area contributed by atoms with Crippen LogP contribution in [0, 0.1) is 6.92 Å². The van der Waals surface area contributed by atoms with E-state index in [0.29, 0.717) is 0 Å². The lowest BCUT2D eigenvalue weighted by Gasteiger charge is -2.02. The highest BCUT2D eigenvalue weighted by Gasteiger charge is 2.07. The summed E-state index contributed by atoms with van der Waals surface area (Å²) in [6.45, 7) is 2.03. The second-order valence-electron chi connectivity index (χ2n) is 5.29. The van der Waals surface area contributed by atoms with Crippen LogP contribution in [0.4, 0.5) is 0 Å². The number of aromatic nitrogens is 3. The monoisotopic (exact) mass is 277 g/mol. The third-order valence-corrected chi connectivity index (χ3v) is 3.59. The van der Waals surface area contributed by atoms with E-state index in [0.717, 1.165) is 41.3 Å². The fraction of sp³-hybridized carbons (Fsp3) is 0.222. The Morgan fingerprint density at radius 2 is 1.71 bits per heavy atom. The second kappa shape index (κ2) is 5.92. The molecule has 0 aliphatic rings. The second-order valence-corrected chi connectivity index (χ2v) is 5.29. The van der Waals surface area contributed by atoms with Crippen molar-refractivity contribution < 1.29 is 0 Å². The zero-order chi connectivity index (χ0) is 14.7. The summed E-state index contributed by atoms with van der Waals surface area (Å²) in [4.78, 5) is 9.30. The molecule has 0 spiro atoms. The number of aryl methyl sites for hydroxylation is 4. The van der Waals surface area contributed by atoms with Gasteiger partial charge in [-0.3, -0.25) is 4.98 Å². The van der Waals surface area contributed by atoms with E-state index in [4.69, 9.17) is 4.98 Å². The highest BCUT2D eigenvalue weighted by molar-refractivity contribution is 5.58. The van der Waals surface area contributed by atoms with Gasteiger partial charge in [-0.1, -0.05) is 36.4 Å². The van der Waals surface area contributed by atoms with Gasteiger partial charge in [0.25, 0.3) is 0 Å². The van der Waals surface area contributed by atoms with Crippen LogP contribution in [0.25, 0.3) is 11.3 Å². The fourth-order valence-corrected chi connectivity index (χ4v) is 2.46. The van der Waals surface area contributed by atoms with Crippen molar-refractivity contribution in [2.75, 3.05) is 0 Å². The summed E-state index contributed by atoms with van der Waals surface area (Å²) in [5.74, 6) is 1.09. The van der Waals surface area contributed by atoms with E-state index in [1.165, 1.54) is 0 Å². The Labute approximate surface area is 125 Å². The van der Waals surface area contributed by atoms with E-state index in [1.54, 1.807) is 0 Å². The average Bonchev–Trinajstić information content (AvgIpc) is 2.87. The average molecular weight is 277 g/mol. The van der Waals surface area contributed by atoms with Gasteiger partial charge in [0.2, 0.25) is 0 Å². The lowest BCUT2D eigenvalue weighted by Crippen LogP contribution is -2.01. The van der Waals surface area contributed by atoms with Crippen LogP contribution >= 0.6 is 0 Å². The van der Waals surface area contributed by atoms with Gasteiger partial charge < -0.3 is 4.57 Å². The summed E-state index contributed by atoms with van der Waals surface area (Å²) < 4.78 is 2.11. The molecule has 3 heteroatoms. The van der Waals surface area contributed by atoms with Gasteiger partial charge in [0.05, 0.1) is 5.69 Å². The summed E-state index contributed by atoms with van der Waals surface area (Å²) in [7, 11) is 2.05. The summed E-state index contributed by atoms with van der Waals surface area (Å²) >= 11 is 0. The molecule has 0 aliphatic carbocycles. The van der Waals surface area contributed by atoms with Gasteiger partial charge in [-0.25, -0.2) is 4.98 Å². The van der Waals surface area contributed by atoms with Gasteiger partial charge in [-0.15, -0.1) is 0 Å². The number of rotatable bonds is 4. The van der Waals surface area contributed by atoms with Crippen molar-refractivity contribution in [2.24, 2.45) is 7.05 Å². The highest BCUT2D eigenvalue weighted by atomic mass is 15.0. The first kappa shape index (κ1) is 13.6. The normalized spacial score (nSPS) is 10.8. The molecule has 0 saturated heterocycles. The Hall–Kier alpha value is -2.42. The van der Waals surface area contributed by atoms with Crippen molar-refractivity contribution in [3.63, 3.8) is 0 Å². The Balaban J connectivity index is 1.76. The number of benzene rings is 1. The van der Waals surface area contributed by atoms with Crippen molar-refractivity contribution in [3.8, 4) is 11.3 Å². The van der Waals surface area contributed by atoms with Crippen LogP contribution in [-0.4, -0.2) is 14.5 Å². The molecule has 0 unspecified atom stereocenters. The molecule has 0 amide bonds. The summed E-state index contributed by atoms with van der Waals surface area (Å²) in [6.07, 6.45) is 3.91. The largest absolute Gasteiger partial charge is 0.337 e. The van der Waals surface area contributed by atoms with Gasteiger partial charge in [0, 0.05) is 36.6 Å². The molecule has 1 aromatic carbocycles. The van der Waals surface area contributed by atoms with Gasteiger partial charge >= 0.3 is 0 Å². The predicted molar refractivity (Wildman–Crippen MR) is 85.0 cm³/mol. The SMILES string of the molecule is Cc1cccc(CCc2nc(-c3ccccc3)cn2C)n1. The lowest BCUT2D eigenvalue weighted by molar-refractivity contribution is 0.760. The van der Waals surface area contributed by atoms with Crippen LogP contribution in [0.2, 0.25) is 0 Å². The molecule has 3 rings (SSSR count). The number of nitrogens with zero attached hydrogens (tertiary/aromatic N) is 3. The van der Waals surface area contributed by atoms with E-state index < -0.39 is 0 Å². The molecule has 2 aromatic heterocycles. The maximum atomic E-state index is 4.75. The molecule has 0 fully saturated rings. The predicted octanol–water partition coefficient (Wildman–Crippen LogP) is 3.58. The van der Waals surface area contributed by atoms with E-state index in [2.05, 4.69) is 47.1 Å². The Morgan fingerprint density at radius 3 is 2.48 bits per heavy atom. The number of imidazole rings is 1. The van der Waals surface area contributed by atoms with E-state index in [9.17, 15) is 0 Å². The minimum atomic E-state index is 0.903. The zero-order valence-electron chi connectivity index (χ0n) is 12.5. The van der Waals surface area contributed by atoms with Crippen LogP contribution in [-0.2, 0) is 19.9 Å². The van der Waals surface area contributed by atoms with Crippen molar-refractivity contribution in [2.45, 2.75) is 19.8 Å². The van der Waals surface area contributed by atoms with Crippen molar-refractivity contribution >= 4 is 0 Å². The van der Waals surface area contributed by atoms with Gasteiger partial charge in [0.15, 0.2) is 0 Å². The van der Waals surface area contributed by atoms with Crippen LogP contribution in [0.5, 0.6) is 0 Å². The summed E-state index contributed by atoms with van der Waals surface area (Å²) in [5, 5.41) is 0. The molecule has 106 valence electrons. The van der Waals surface area contributed by atoms with Gasteiger partial charge in [-0.05, 0) is 25.5 Å². The van der Waals surface area contributed by atoms with Gasteiger partial charge in [-0.2, -0.15) is 0 Å². The molecular formula is C18H19N3. The smallest absolute Gasteiger partial charge is 0.109 e. The number of hydrogen-bond acceptors (Lipinski definition) is 2. The number of pyridine rings is 1. The maximum Gasteiger partial charge on any atom is 0.109 e. The van der Waals surface area contributed by atoms with E-state index >= 15 is 0 Å². The Morgan fingerprint density at radius 1 is 0.905 bits per heavy atom. The van der Waals surface area contributed by atoms with Crippen molar-refractivity contribution in [1.82, 2.24) is 14.5 Å². The molecule has 0 radical (unpaired) electrons. The summed E-state index contributed by atoms with van der Waals surface area (Å²) in [5.41, 5.74) is 4.38. The first-order chi connectivity index (χ1) is 10.2. The third kappa shape index (κ3) is 3.19. The molecule has 0 atom stereocenters. The van der Waals surface area contributed by atoms with Crippen LogP contribution < -0.4 is 0 Å². The van der Waals surface area contributed by atoms with Crippen molar-refractivity contribution in [1.29, 1.82) is 0 Å². The Kier molecular flexibility index (Phi) is 3.82. The first-order valence-electron chi connectivity index (χ1n) is 7.22. The minimum absolute atomic E-state index is 0.903. The third-order valence-electron chi connectivity index (χ3n) is 3.59. The molecular weight excluding hydrogens is 258 g/mol. The topological polar surface area (TPSA) is 30.7 Å². The summed E-state index contributed by atoms with van der Waals surface area (Å²) in [6, 6.07) is 16.5. The first-order valence-corrected chi connectivity index (χ1v) is 7.22. The lowest BCUT2D eigenvalue weighted by atomic mass is 10.2. The van der Waals surface area contributed by atoms with E-state index in [1.807, 2.05) is 31.2 Å². The molecule has 0 N–H and O–H groups in total. The fourth-order valence-electron chi connectivity index (χ4n) is 2.46. The van der Waals surface area contributed by atoms with Gasteiger partial charge in [0.1, 0.15) is 5.82 Å². The van der Waals surface area contributed by atoms with Crippen LogP contribution in [0.1, 0.15) is 17.2 Å². The molecule has 2 heterocycles. The molecule has 0 saturated carbocycles. The molecule has 3 nitrogen and oxygen atoms in total. The van der Waals surface area contributed by atoms with Crippen LogP contribution in [0.3, 0.4) is 0 Å². The maximum absolute atomic E-state index is 4.75. The Bertz CT molecular complexity index is 729. The van der Waals surface area contributed by atoms with Crippen molar-refractivity contribution in [3.05, 3.63) is 71.9 Å². The standard InChI is InChI=1S/C18H19N3/c1-14-7-6-10-16(19-14)11-12-18-20-17(13-21(18)2)15-8-4-3-5-9-15/h3-10,13H,11-12H2,1-2H3. The molecule has 0 bridgehead atoms. The van der Waals surface area contributed by atoms with Crippen LogP contribution in [0.15, 0.2) is 54.7 Å².